The second-order valence-electron chi connectivity index (χ2n) is 3.88. The number of nitro benzene ring substituents is 2. The molecule has 0 unspecified atom stereocenters. The minimum absolute atomic E-state index is 0.0789. The Bertz CT molecular complexity index is 770. The number of non-ortho nitro benzene ring substituents is 1. The molecular weight excluding hydrogens is 294 g/mol. The predicted molar refractivity (Wildman–Crippen MR) is 75.0 cm³/mol. The van der Waals surface area contributed by atoms with E-state index in [0.717, 1.165) is 17.8 Å². The van der Waals surface area contributed by atoms with Crippen LogP contribution in [0.25, 0.3) is 0 Å². The van der Waals surface area contributed by atoms with Gasteiger partial charge in [0.05, 0.1) is 20.3 Å². The van der Waals surface area contributed by atoms with Gasteiger partial charge in [0.2, 0.25) is 0 Å². The van der Waals surface area contributed by atoms with E-state index in [1.54, 1.807) is 18.2 Å². The van der Waals surface area contributed by atoms with Crippen molar-refractivity contribution in [2.24, 2.45) is 0 Å². The zero-order valence-electron chi connectivity index (χ0n) is 10.4. The fourth-order valence-corrected chi connectivity index (χ4v) is 2.60. The lowest BCUT2D eigenvalue weighted by atomic mass is 10.2. The Hall–Kier alpha value is -2.92. The van der Waals surface area contributed by atoms with Crippen LogP contribution in [0.15, 0.2) is 52.3 Å². The summed E-state index contributed by atoms with van der Waals surface area (Å²) < 4.78 is 0. The molecule has 0 radical (unpaired) electrons. The van der Waals surface area contributed by atoms with Crippen molar-refractivity contribution in [2.75, 3.05) is 0 Å². The Labute approximate surface area is 123 Å². The molecule has 0 aliphatic rings. The second-order valence-corrected chi connectivity index (χ2v) is 4.96. The van der Waals surface area contributed by atoms with Gasteiger partial charge in [0.1, 0.15) is 6.07 Å². The number of hydrogen-bond acceptors (Lipinski definition) is 6. The van der Waals surface area contributed by atoms with Crippen molar-refractivity contribution in [1.29, 1.82) is 5.26 Å². The van der Waals surface area contributed by atoms with E-state index in [1.807, 2.05) is 6.07 Å². The van der Waals surface area contributed by atoms with Gasteiger partial charge < -0.3 is 0 Å². The zero-order valence-corrected chi connectivity index (χ0v) is 11.2. The van der Waals surface area contributed by atoms with Gasteiger partial charge in [-0.25, -0.2) is 0 Å². The smallest absolute Gasteiger partial charge is 0.258 e. The van der Waals surface area contributed by atoms with E-state index in [4.69, 9.17) is 5.26 Å². The molecule has 2 rings (SSSR count). The van der Waals surface area contributed by atoms with Gasteiger partial charge >= 0.3 is 0 Å². The largest absolute Gasteiger partial charge is 0.283 e. The SMILES string of the molecule is N#Cc1cc([N+](=O)[O-])ccc1Sc1ccccc1[N+](=O)[O-]. The van der Waals surface area contributed by atoms with Crippen molar-refractivity contribution in [2.45, 2.75) is 9.79 Å². The van der Waals surface area contributed by atoms with Crippen molar-refractivity contribution in [3.63, 3.8) is 0 Å². The molecule has 0 spiro atoms. The van der Waals surface area contributed by atoms with Crippen molar-refractivity contribution in [3.05, 3.63) is 68.3 Å². The molecule has 7 nitrogen and oxygen atoms in total. The van der Waals surface area contributed by atoms with Crippen molar-refractivity contribution in [1.82, 2.24) is 0 Å². The van der Waals surface area contributed by atoms with Crippen LogP contribution in [-0.4, -0.2) is 9.85 Å². The number of benzene rings is 2. The molecule has 21 heavy (non-hydrogen) atoms. The van der Waals surface area contributed by atoms with Crippen molar-refractivity contribution < 1.29 is 9.85 Å². The van der Waals surface area contributed by atoms with Gasteiger partial charge in [0.15, 0.2) is 0 Å². The normalized spacial score (nSPS) is 9.86. The first-order valence-electron chi connectivity index (χ1n) is 5.62. The van der Waals surface area contributed by atoms with Gasteiger partial charge in [-0.15, -0.1) is 0 Å². The Morgan fingerprint density at radius 3 is 2.33 bits per heavy atom. The molecular formula is C13H7N3O4S. The predicted octanol–water partition coefficient (Wildman–Crippen LogP) is 3.53. The highest BCUT2D eigenvalue weighted by atomic mass is 32.2. The third-order valence-corrected chi connectivity index (χ3v) is 3.72. The number of hydrogen-bond donors (Lipinski definition) is 0. The molecule has 8 heteroatoms. The van der Waals surface area contributed by atoms with Gasteiger partial charge in [0.25, 0.3) is 11.4 Å². The summed E-state index contributed by atoms with van der Waals surface area (Å²) in [6.07, 6.45) is 0. The van der Waals surface area contributed by atoms with E-state index in [9.17, 15) is 20.2 Å². The van der Waals surface area contributed by atoms with Crippen molar-refractivity contribution >= 4 is 23.1 Å². The Morgan fingerprint density at radius 2 is 1.71 bits per heavy atom. The van der Waals surface area contributed by atoms with E-state index in [1.165, 1.54) is 18.2 Å². The monoisotopic (exact) mass is 301 g/mol. The first-order valence-corrected chi connectivity index (χ1v) is 6.44. The lowest BCUT2D eigenvalue weighted by molar-refractivity contribution is -0.387. The summed E-state index contributed by atoms with van der Waals surface area (Å²) >= 11 is 1.03. The number of rotatable bonds is 4. The standard InChI is InChI=1S/C13H7N3O4S/c14-8-9-7-10(15(17)18)5-6-12(9)21-13-4-2-1-3-11(13)16(19)20/h1-7H. The summed E-state index contributed by atoms with van der Waals surface area (Å²) in [5.41, 5.74) is -0.171. The molecule has 0 N–H and O–H groups in total. The number of nitriles is 1. The van der Waals surface area contributed by atoms with Crippen LogP contribution in [-0.2, 0) is 0 Å². The lowest BCUT2D eigenvalue weighted by Gasteiger charge is -2.04. The molecule has 0 aromatic heterocycles. The third-order valence-electron chi connectivity index (χ3n) is 2.58. The molecule has 0 aliphatic carbocycles. The van der Waals surface area contributed by atoms with E-state index in [-0.39, 0.29) is 16.9 Å². The van der Waals surface area contributed by atoms with Crippen LogP contribution < -0.4 is 0 Å². The number of nitrogens with zero attached hydrogens (tertiary/aromatic N) is 3. The highest BCUT2D eigenvalue weighted by molar-refractivity contribution is 7.99. The molecule has 0 bridgehead atoms. The van der Waals surface area contributed by atoms with Gasteiger partial charge in [-0.05, 0) is 12.1 Å². The summed E-state index contributed by atoms with van der Waals surface area (Å²) in [5, 5.41) is 30.7. The van der Waals surface area contributed by atoms with E-state index < -0.39 is 9.85 Å². The quantitative estimate of drug-likeness (QED) is 0.631. The topological polar surface area (TPSA) is 110 Å². The van der Waals surface area contributed by atoms with Gasteiger partial charge in [0, 0.05) is 23.1 Å². The molecule has 2 aromatic carbocycles. The summed E-state index contributed by atoms with van der Waals surface area (Å²) in [7, 11) is 0. The molecule has 0 saturated heterocycles. The maximum atomic E-state index is 10.9. The van der Waals surface area contributed by atoms with Crippen LogP contribution in [0.1, 0.15) is 5.56 Å². The summed E-state index contributed by atoms with van der Waals surface area (Å²) in [4.78, 5) is 21.3. The van der Waals surface area contributed by atoms with Gasteiger partial charge in [-0.1, -0.05) is 23.9 Å². The average molecular weight is 301 g/mol. The van der Waals surface area contributed by atoms with E-state index in [0.29, 0.717) is 9.79 Å². The minimum atomic E-state index is -0.597. The van der Waals surface area contributed by atoms with E-state index in [2.05, 4.69) is 0 Å². The second kappa shape index (κ2) is 6.02. The highest BCUT2D eigenvalue weighted by Crippen LogP contribution is 2.37. The fourth-order valence-electron chi connectivity index (χ4n) is 1.62. The number of nitro groups is 2. The molecule has 0 heterocycles. The maximum Gasteiger partial charge on any atom is 0.283 e. The molecule has 0 fully saturated rings. The highest BCUT2D eigenvalue weighted by Gasteiger charge is 2.17. The molecule has 0 saturated carbocycles. The molecule has 0 aliphatic heterocycles. The summed E-state index contributed by atoms with van der Waals surface area (Å²) in [5.74, 6) is 0. The van der Waals surface area contributed by atoms with Crippen molar-refractivity contribution in [3.8, 4) is 6.07 Å². The van der Waals surface area contributed by atoms with Gasteiger partial charge in [-0.2, -0.15) is 5.26 Å². The van der Waals surface area contributed by atoms with Crippen LogP contribution >= 0.6 is 11.8 Å². The molecule has 2 aromatic rings. The first kappa shape index (κ1) is 14.5. The summed E-state index contributed by atoms with van der Waals surface area (Å²) in [6, 6.07) is 11.8. The number of para-hydroxylation sites is 1. The minimum Gasteiger partial charge on any atom is -0.258 e. The van der Waals surface area contributed by atoms with Gasteiger partial charge in [-0.3, -0.25) is 20.2 Å². The lowest BCUT2D eigenvalue weighted by Crippen LogP contribution is -1.92. The van der Waals surface area contributed by atoms with E-state index >= 15 is 0 Å². The van der Waals surface area contributed by atoms with Crippen LogP contribution in [0.2, 0.25) is 0 Å². The molecule has 104 valence electrons. The Kier molecular flexibility index (Phi) is 4.15. The third kappa shape index (κ3) is 3.16. The molecule has 0 amide bonds. The molecule has 0 atom stereocenters. The fraction of sp³-hybridized carbons (Fsp3) is 0. The van der Waals surface area contributed by atoms with Crippen LogP contribution in [0.5, 0.6) is 0 Å². The summed E-state index contributed by atoms with van der Waals surface area (Å²) in [6.45, 7) is 0. The average Bonchev–Trinajstić information content (AvgIpc) is 2.47. The Balaban J connectivity index is 2.43. The first-order chi connectivity index (χ1) is 10.0. The van der Waals surface area contributed by atoms with Crippen LogP contribution in [0, 0.1) is 31.6 Å². The maximum absolute atomic E-state index is 10.9. The zero-order chi connectivity index (χ0) is 15.4. The Morgan fingerprint density at radius 1 is 1.00 bits per heavy atom. The van der Waals surface area contributed by atoms with Crippen LogP contribution in [0.3, 0.4) is 0 Å². The van der Waals surface area contributed by atoms with Crippen LogP contribution in [0.4, 0.5) is 11.4 Å².